The predicted octanol–water partition coefficient (Wildman–Crippen LogP) is 3.31. The zero-order valence-corrected chi connectivity index (χ0v) is 17.1. The molecule has 1 unspecified atom stereocenters. The Balaban J connectivity index is 0.00000280. The van der Waals surface area contributed by atoms with Gasteiger partial charge in [-0.15, -0.1) is 12.4 Å². The van der Waals surface area contributed by atoms with Crippen LogP contribution >= 0.6 is 12.4 Å². The zero-order chi connectivity index (χ0) is 19.4. The van der Waals surface area contributed by atoms with Crippen molar-refractivity contribution in [2.24, 2.45) is 11.7 Å². The Morgan fingerprint density at radius 1 is 1.14 bits per heavy atom. The van der Waals surface area contributed by atoms with Gasteiger partial charge in [0.2, 0.25) is 5.91 Å². The van der Waals surface area contributed by atoms with Crippen molar-refractivity contribution in [3.63, 3.8) is 0 Å². The van der Waals surface area contributed by atoms with Crippen LogP contribution in [0.1, 0.15) is 35.7 Å². The van der Waals surface area contributed by atoms with E-state index in [1.807, 2.05) is 25.1 Å². The lowest BCUT2D eigenvalue weighted by atomic mass is 9.89. The minimum absolute atomic E-state index is 0. The highest BCUT2D eigenvalue weighted by Crippen LogP contribution is 2.33. The third-order valence-electron chi connectivity index (χ3n) is 5.46. The molecule has 3 rings (SSSR count). The molecule has 3 N–H and O–H groups in total. The second-order valence-electron chi connectivity index (χ2n) is 7.27. The molecule has 0 saturated carbocycles. The largest absolute Gasteiger partial charge is 0.330 e. The van der Waals surface area contributed by atoms with E-state index in [4.69, 9.17) is 5.73 Å². The van der Waals surface area contributed by atoms with Crippen LogP contribution in [0.3, 0.4) is 0 Å². The van der Waals surface area contributed by atoms with E-state index in [9.17, 15) is 9.59 Å². The molecule has 3 atom stereocenters. The molecular weight excluding hydrogens is 374 g/mol. The second kappa shape index (κ2) is 9.82. The van der Waals surface area contributed by atoms with Crippen molar-refractivity contribution in [1.82, 2.24) is 4.90 Å². The number of nitrogens with one attached hydrogen (secondary N) is 1. The van der Waals surface area contributed by atoms with E-state index < -0.39 is 0 Å². The molecule has 0 radical (unpaired) electrons. The molecule has 150 valence electrons. The van der Waals surface area contributed by atoms with Crippen LogP contribution < -0.4 is 11.1 Å². The number of Topliss-reactive ketones (excluding diaryl/α,β-unsaturated/α-hetero) is 1. The lowest BCUT2D eigenvalue weighted by Gasteiger charge is -2.23. The summed E-state index contributed by atoms with van der Waals surface area (Å²) >= 11 is 0. The zero-order valence-electron chi connectivity index (χ0n) is 16.3. The summed E-state index contributed by atoms with van der Waals surface area (Å²) < 4.78 is 0. The first kappa shape index (κ1) is 22.1. The van der Waals surface area contributed by atoms with Crippen LogP contribution in [0, 0.1) is 5.92 Å². The Morgan fingerprint density at radius 2 is 1.86 bits per heavy atom. The molecule has 1 amide bonds. The fourth-order valence-corrected chi connectivity index (χ4v) is 3.77. The molecule has 28 heavy (non-hydrogen) atoms. The van der Waals surface area contributed by atoms with Crippen molar-refractivity contribution >= 4 is 29.8 Å². The summed E-state index contributed by atoms with van der Waals surface area (Å²) in [7, 11) is 0. The molecule has 2 aromatic carbocycles. The summed E-state index contributed by atoms with van der Waals surface area (Å²) in [6.07, 6.45) is 0. The van der Waals surface area contributed by atoms with Gasteiger partial charge in [-0.2, -0.15) is 0 Å². The molecule has 0 spiro atoms. The van der Waals surface area contributed by atoms with Gasteiger partial charge >= 0.3 is 0 Å². The number of hydrogen-bond donors (Lipinski definition) is 2. The van der Waals surface area contributed by atoms with Gasteiger partial charge in [0.1, 0.15) is 0 Å². The molecular formula is C22H28ClN3O2. The fraction of sp³-hybridized carbons (Fsp3) is 0.364. The molecule has 6 heteroatoms. The van der Waals surface area contributed by atoms with E-state index in [-0.39, 0.29) is 30.1 Å². The van der Waals surface area contributed by atoms with Crippen LogP contribution in [0.25, 0.3) is 0 Å². The van der Waals surface area contributed by atoms with E-state index >= 15 is 0 Å². The molecule has 2 aromatic rings. The molecule has 5 nitrogen and oxygen atoms in total. The number of carbonyl (C=O) groups excluding carboxylic acids is 2. The third-order valence-corrected chi connectivity index (χ3v) is 5.46. The van der Waals surface area contributed by atoms with Gasteiger partial charge in [0.15, 0.2) is 5.78 Å². The van der Waals surface area contributed by atoms with Gasteiger partial charge in [0, 0.05) is 30.3 Å². The van der Waals surface area contributed by atoms with Gasteiger partial charge in [-0.1, -0.05) is 42.5 Å². The average molecular weight is 402 g/mol. The number of amides is 1. The summed E-state index contributed by atoms with van der Waals surface area (Å²) in [6, 6.07) is 17.1. The topological polar surface area (TPSA) is 75.4 Å². The standard InChI is InChI=1S/C22H27N3O2.ClH/c1-15(22(27)24-20-10-6-9-18(11-20)16(2)26)25-13-19(12-23)21(14-25)17-7-4-3-5-8-17;/h3-11,15,19,21H,12-14,23H2,1-2H3,(H,24,27);1H/t15?,19-,21+;/m1./s1. The van der Waals surface area contributed by atoms with Gasteiger partial charge in [-0.3, -0.25) is 14.5 Å². The monoisotopic (exact) mass is 401 g/mol. The van der Waals surface area contributed by atoms with Crippen LogP contribution in [0.2, 0.25) is 0 Å². The van der Waals surface area contributed by atoms with Gasteiger partial charge in [-0.05, 0) is 44.0 Å². The number of rotatable bonds is 6. The molecule has 1 aliphatic heterocycles. The Morgan fingerprint density at radius 3 is 2.50 bits per heavy atom. The number of anilines is 1. The number of halogens is 1. The van der Waals surface area contributed by atoms with Gasteiger partial charge in [-0.25, -0.2) is 0 Å². The van der Waals surface area contributed by atoms with Crippen molar-refractivity contribution in [3.05, 3.63) is 65.7 Å². The summed E-state index contributed by atoms with van der Waals surface area (Å²) in [5.74, 6) is 0.589. The Kier molecular flexibility index (Phi) is 7.75. The van der Waals surface area contributed by atoms with Crippen molar-refractivity contribution in [2.75, 3.05) is 25.0 Å². The quantitative estimate of drug-likeness (QED) is 0.728. The summed E-state index contributed by atoms with van der Waals surface area (Å²) in [5.41, 5.74) is 8.52. The smallest absolute Gasteiger partial charge is 0.241 e. The molecule has 0 bridgehead atoms. The highest BCUT2D eigenvalue weighted by molar-refractivity contribution is 5.98. The first-order valence-corrected chi connectivity index (χ1v) is 9.40. The maximum atomic E-state index is 12.7. The van der Waals surface area contributed by atoms with Crippen molar-refractivity contribution < 1.29 is 9.59 Å². The van der Waals surface area contributed by atoms with Crippen molar-refractivity contribution in [3.8, 4) is 0 Å². The molecule has 0 aromatic heterocycles. The maximum absolute atomic E-state index is 12.7. The maximum Gasteiger partial charge on any atom is 0.241 e. The summed E-state index contributed by atoms with van der Waals surface area (Å²) in [4.78, 5) is 26.5. The summed E-state index contributed by atoms with van der Waals surface area (Å²) in [6.45, 7) is 5.66. The van der Waals surface area contributed by atoms with E-state index in [1.54, 1.807) is 24.3 Å². The van der Waals surface area contributed by atoms with Crippen LogP contribution in [0.15, 0.2) is 54.6 Å². The van der Waals surface area contributed by atoms with Crippen molar-refractivity contribution in [2.45, 2.75) is 25.8 Å². The Labute approximate surface area is 172 Å². The van der Waals surface area contributed by atoms with E-state index in [0.717, 1.165) is 13.1 Å². The Bertz CT molecular complexity index is 812. The number of hydrogen-bond acceptors (Lipinski definition) is 4. The number of likely N-dealkylation sites (tertiary alicyclic amines) is 1. The van der Waals surface area contributed by atoms with Crippen molar-refractivity contribution in [1.29, 1.82) is 0 Å². The lowest BCUT2D eigenvalue weighted by Crippen LogP contribution is -2.41. The van der Waals surface area contributed by atoms with Crippen LogP contribution in [-0.4, -0.2) is 42.3 Å². The first-order valence-electron chi connectivity index (χ1n) is 9.40. The lowest BCUT2D eigenvalue weighted by molar-refractivity contribution is -0.120. The van der Waals surface area contributed by atoms with E-state index in [2.05, 4.69) is 22.3 Å². The highest BCUT2D eigenvalue weighted by atomic mass is 35.5. The minimum atomic E-state index is -0.270. The highest BCUT2D eigenvalue weighted by Gasteiger charge is 2.36. The molecule has 0 aliphatic carbocycles. The molecule has 1 aliphatic rings. The molecule has 1 heterocycles. The van der Waals surface area contributed by atoms with Gasteiger partial charge in [0.25, 0.3) is 0 Å². The Hall–Kier alpha value is -2.21. The summed E-state index contributed by atoms with van der Waals surface area (Å²) in [5, 5.41) is 2.94. The predicted molar refractivity (Wildman–Crippen MR) is 115 cm³/mol. The fourth-order valence-electron chi connectivity index (χ4n) is 3.77. The normalized spacial score (nSPS) is 20.2. The van der Waals surface area contributed by atoms with Crippen LogP contribution in [-0.2, 0) is 4.79 Å². The second-order valence-corrected chi connectivity index (χ2v) is 7.27. The van der Waals surface area contributed by atoms with Crippen LogP contribution in [0.5, 0.6) is 0 Å². The third kappa shape index (κ3) is 4.98. The van der Waals surface area contributed by atoms with Gasteiger partial charge < -0.3 is 11.1 Å². The number of carbonyl (C=O) groups is 2. The number of nitrogens with two attached hydrogens (primary N) is 1. The first-order chi connectivity index (χ1) is 13.0. The van der Waals surface area contributed by atoms with E-state index in [1.165, 1.54) is 12.5 Å². The minimum Gasteiger partial charge on any atom is -0.330 e. The number of ketones is 1. The molecule has 1 saturated heterocycles. The number of benzene rings is 2. The molecule has 1 fully saturated rings. The van der Waals surface area contributed by atoms with Gasteiger partial charge in [0.05, 0.1) is 6.04 Å². The van der Waals surface area contributed by atoms with E-state index in [0.29, 0.717) is 29.6 Å². The van der Waals surface area contributed by atoms with Crippen LogP contribution in [0.4, 0.5) is 5.69 Å². The SMILES string of the molecule is CC(=O)c1cccc(NC(=O)C(C)N2C[C@@H](CN)[C@H](c3ccccc3)C2)c1.Cl. The number of nitrogens with zero attached hydrogens (tertiary/aromatic N) is 1. The average Bonchev–Trinajstić information content (AvgIpc) is 3.12.